The Morgan fingerprint density at radius 3 is 2.30 bits per heavy atom. The molecule has 232 valence electrons. The Morgan fingerprint density at radius 2 is 1.64 bits per heavy atom. The Morgan fingerprint density at radius 1 is 0.932 bits per heavy atom. The van der Waals surface area contributed by atoms with Crippen molar-refractivity contribution in [3.63, 3.8) is 0 Å². The fourth-order valence-corrected chi connectivity index (χ4v) is 5.77. The monoisotopic (exact) mass is 698 g/mol. The van der Waals surface area contributed by atoms with E-state index in [-0.39, 0.29) is 48.1 Å². The highest BCUT2D eigenvalue weighted by atomic mass is 35.5. The number of methoxy groups -OCH3 is 1. The van der Waals surface area contributed by atoms with Crippen molar-refractivity contribution < 1.29 is 28.5 Å². The van der Waals surface area contributed by atoms with E-state index in [1.165, 1.54) is 6.07 Å². The molecule has 0 radical (unpaired) electrons. The SMILES string of the molecule is CCCCCCOc1ccc(C2C(C#N)=C(N)Oc3cc(OC(=O)COc4c(Cl)c(Cl)c(Cl)c(Cl)c4Cl)ccc32)cc1OC. The maximum Gasteiger partial charge on any atom is 0.349 e. The van der Waals surface area contributed by atoms with E-state index in [9.17, 15) is 10.1 Å². The number of benzene rings is 3. The summed E-state index contributed by atoms with van der Waals surface area (Å²) >= 11 is 30.4. The number of unbranched alkanes of at least 4 members (excludes halogenated alkanes) is 3. The topological polar surface area (TPSA) is 113 Å². The van der Waals surface area contributed by atoms with Crippen molar-refractivity contribution in [3.8, 4) is 34.8 Å². The van der Waals surface area contributed by atoms with Crippen molar-refractivity contribution in [1.29, 1.82) is 5.26 Å². The molecule has 0 spiro atoms. The lowest BCUT2D eigenvalue weighted by Crippen LogP contribution is -2.22. The highest BCUT2D eigenvalue weighted by Gasteiger charge is 2.32. The zero-order valence-corrected chi connectivity index (χ0v) is 27.4. The number of fused-ring (bicyclic) bond motifs is 1. The number of nitrogens with zero attached hydrogens (tertiary/aromatic N) is 1. The van der Waals surface area contributed by atoms with Crippen LogP contribution in [0.1, 0.15) is 49.7 Å². The largest absolute Gasteiger partial charge is 0.493 e. The molecule has 3 aromatic rings. The van der Waals surface area contributed by atoms with Crippen LogP contribution in [0.2, 0.25) is 25.1 Å². The van der Waals surface area contributed by atoms with Gasteiger partial charge >= 0.3 is 5.97 Å². The number of hydrogen-bond acceptors (Lipinski definition) is 8. The average Bonchev–Trinajstić information content (AvgIpc) is 3.02. The summed E-state index contributed by atoms with van der Waals surface area (Å²) in [5.41, 5.74) is 7.75. The predicted molar refractivity (Wildman–Crippen MR) is 171 cm³/mol. The fourth-order valence-electron chi connectivity index (χ4n) is 4.54. The summed E-state index contributed by atoms with van der Waals surface area (Å²) in [6.45, 7) is 2.14. The molecule has 0 aromatic heterocycles. The molecule has 13 heteroatoms. The number of carbonyl (C=O) groups is 1. The average molecular weight is 701 g/mol. The molecule has 0 amide bonds. The van der Waals surface area contributed by atoms with Crippen molar-refractivity contribution in [2.45, 2.75) is 38.5 Å². The normalized spacial score (nSPS) is 13.9. The molecule has 8 nitrogen and oxygen atoms in total. The van der Waals surface area contributed by atoms with Gasteiger partial charge in [-0.05, 0) is 30.2 Å². The third kappa shape index (κ3) is 7.36. The molecule has 4 rings (SSSR count). The van der Waals surface area contributed by atoms with Crippen LogP contribution in [0.15, 0.2) is 47.9 Å². The minimum Gasteiger partial charge on any atom is -0.493 e. The van der Waals surface area contributed by atoms with Crippen LogP contribution in [0, 0.1) is 11.3 Å². The van der Waals surface area contributed by atoms with Crippen LogP contribution >= 0.6 is 58.0 Å². The fraction of sp³-hybridized carbons (Fsp3) is 0.290. The van der Waals surface area contributed by atoms with Crippen molar-refractivity contribution in [3.05, 3.63) is 84.1 Å². The van der Waals surface area contributed by atoms with E-state index >= 15 is 0 Å². The van der Waals surface area contributed by atoms with Gasteiger partial charge in [-0.1, -0.05) is 96.3 Å². The highest BCUT2D eigenvalue weighted by Crippen LogP contribution is 2.48. The Bertz CT molecular complexity index is 1610. The van der Waals surface area contributed by atoms with Crippen molar-refractivity contribution in [1.82, 2.24) is 0 Å². The van der Waals surface area contributed by atoms with E-state index in [0.717, 1.165) is 31.2 Å². The second-order valence-corrected chi connectivity index (χ2v) is 11.5. The summed E-state index contributed by atoms with van der Waals surface area (Å²) in [6.07, 6.45) is 4.32. The Kier molecular flexibility index (Phi) is 11.6. The number of esters is 1. The van der Waals surface area contributed by atoms with Gasteiger partial charge in [0.1, 0.15) is 33.2 Å². The predicted octanol–water partition coefficient (Wildman–Crippen LogP) is 9.12. The van der Waals surface area contributed by atoms with Crippen LogP contribution in [0.5, 0.6) is 28.7 Å². The minimum atomic E-state index is -0.789. The number of rotatable bonds is 12. The maximum atomic E-state index is 12.6. The van der Waals surface area contributed by atoms with Crippen LogP contribution in [-0.4, -0.2) is 26.3 Å². The standard InChI is InChI=1S/C31H27Cl5N2O6/c1-3-4-5-6-11-41-20-10-7-16(12-22(20)40-2)24-18-9-8-17(13-21(18)44-31(38)19(24)14-37)43-23(39)15-42-30-28(35)26(33)25(32)27(34)29(30)36/h7-10,12-13,24H,3-6,11,15,38H2,1-2H3. The molecular formula is C31H27Cl5N2O6. The van der Waals surface area contributed by atoms with Gasteiger partial charge in [-0.3, -0.25) is 0 Å². The number of nitrogens with two attached hydrogens (primary N) is 1. The van der Waals surface area contributed by atoms with Crippen LogP contribution in [-0.2, 0) is 4.79 Å². The molecule has 0 fully saturated rings. The highest BCUT2D eigenvalue weighted by molar-refractivity contribution is 6.55. The second kappa shape index (κ2) is 15.2. The first-order chi connectivity index (χ1) is 21.1. The zero-order chi connectivity index (χ0) is 32.0. The van der Waals surface area contributed by atoms with Gasteiger partial charge in [0.05, 0.1) is 34.7 Å². The number of halogens is 5. The summed E-state index contributed by atoms with van der Waals surface area (Å²) in [6, 6.07) is 12.4. The first-order valence-electron chi connectivity index (χ1n) is 13.5. The van der Waals surface area contributed by atoms with Crippen molar-refractivity contribution in [2.75, 3.05) is 20.3 Å². The van der Waals surface area contributed by atoms with Crippen LogP contribution in [0.25, 0.3) is 0 Å². The molecule has 3 aromatic carbocycles. The van der Waals surface area contributed by atoms with Crippen LogP contribution in [0.3, 0.4) is 0 Å². The van der Waals surface area contributed by atoms with E-state index in [1.54, 1.807) is 19.2 Å². The van der Waals surface area contributed by atoms with E-state index in [4.69, 9.17) is 87.4 Å². The molecule has 1 heterocycles. The number of carbonyl (C=O) groups excluding carboxylic acids is 1. The van der Waals surface area contributed by atoms with Crippen LogP contribution in [0.4, 0.5) is 0 Å². The molecule has 2 N–H and O–H groups in total. The molecule has 0 saturated heterocycles. The Balaban J connectivity index is 1.53. The summed E-state index contributed by atoms with van der Waals surface area (Å²) < 4.78 is 28.2. The van der Waals surface area contributed by atoms with E-state index in [2.05, 4.69) is 13.0 Å². The quantitative estimate of drug-likeness (QED) is 0.0655. The Hall–Kier alpha value is -3.19. The zero-order valence-electron chi connectivity index (χ0n) is 23.6. The van der Waals surface area contributed by atoms with Gasteiger partial charge in [-0.2, -0.15) is 5.26 Å². The minimum absolute atomic E-state index is 0.0426. The van der Waals surface area contributed by atoms with Gasteiger partial charge in [0.25, 0.3) is 0 Å². The lowest BCUT2D eigenvalue weighted by molar-refractivity contribution is -0.136. The third-order valence-corrected chi connectivity index (χ3v) is 8.94. The van der Waals surface area contributed by atoms with Crippen molar-refractivity contribution >= 4 is 64.0 Å². The van der Waals surface area contributed by atoms with E-state index < -0.39 is 18.5 Å². The van der Waals surface area contributed by atoms with Crippen molar-refractivity contribution in [2.24, 2.45) is 5.73 Å². The first-order valence-corrected chi connectivity index (χ1v) is 15.4. The van der Waals surface area contributed by atoms with Gasteiger partial charge in [-0.25, -0.2) is 4.79 Å². The van der Waals surface area contributed by atoms with Gasteiger partial charge in [-0.15, -0.1) is 0 Å². The van der Waals surface area contributed by atoms with Gasteiger partial charge in [0, 0.05) is 11.6 Å². The van der Waals surface area contributed by atoms with E-state index in [1.807, 2.05) is 18.2 Å². The molecular weight excluding hydrogens is 674 g/mol. The molecule has 1 unspecified atom stereocenters. The Labute approximate surface area is 280 Å². The second-order valence-electron chi connectivity index (χ2n) is 9.61. The lowest BCUT2D eigenvalue weighted by atomic mass is 9.83. The third-order valence-electron chi connectivity index (χ3n) is 6.70. The summed E-state index contributed by atoms with van der Waals surface area (Å²) in [7, 11) is 1.55. The molecule has 1 atom stereocenters. The van der Waals surface area contributed by atoms with Crippen LogP contribution < -0.4 is 29.4 Å². The smallest absolute Gasteiger partial charge is 0.349 e. The summed E-state index contributed by atoms with van der Waals surface area (Å²) in [4.78, 5) is 12.6. The van der Waals surface area contributed by atoms with E-state index in [0.29, 0.717) is 29.4 Å². The lowest BCUT2D eigenvalue weighted by Gasteiger charge is -2.27. The summed E-state index contributed by atoms with van der Waals surface area (Å²) in [5, 5.41) is 9.55. The first kappa shape index (κ1) is 33.7. The number of nitriles is 1. The molecule has 1 aliphatic rings. The number of hydrogen-bond donors (Lipinski definition) is 1. The molecule has 0 aliphatic carbocycles. The van der Waals surface area contributed by atoms with Gasteiger partial charge in [0.2, 0.25) is 5.88 Å². The maximum absolute atomic E-state index is 12.6. The molecule has 44 heavy (non-hydrogen) atoms. The summed E-state index contributed by atoms with van der Waals surface area (Å²) in [5.74, 6) is 0.00487. The molecule has 0 bridgehead atoms. The number of ether oxygens (including phenoxy) is 5. The number of allylic oxidation sites excluding steroid dienone is 1. The molecule has 1 aliphatic heterocycles. The van der Waals surface area contributed by atoms with Gasteiger partial charge in [0.15, 0.2) is 23.9 Å². The van der Waals surface area contributed by atoms with Gasteiger partial charge < -0.3 is 29.4 Å². The molecule has 0 saturated carbocycles.